The molecule has 1 atom stereocenters. The van der Waals surface area contributed by atoms with E-state index in [2.05, 4.69) is 20.8 Å². The molecule has 1 unspecified atom stereocenters. The van der Waals surface area contributed by atoms with Crippen LogP contribution >= 0.6 is 0 Å². The minimum atomic E-state index is -0.450. The summed E-state index contributed by atoms with van der Waals surface area (Å²) in [6.07, 6.45) is 15.2. The van der Waals surface area contributed by atoms with Crippen molar-refractivity contribution in [2.24, 2.45) is 5.92 Å². The maximum absolute atomic E-state index is 12.6. The van der Waals surface area contributed by atoms with Crippen LogP contribution in [0.2, 0.25) is 0 Å². The Balaban J connectivity index is 2.31. The molecular weight excluding hydrogens is 400 g/mol. The highest BCUT2D eigenvalue weighted by Crippen LogP contribution is 2.16. The predicted octanol–water partition coefficient (Wildman–Crippen LogP) is 8.14. The maximum Gasteiger partial charge on any atom is 0.339 e. The Morgan fingerprint density at radius 1 is 0.719 bits per heavy atom. The van der Waals surface area contributed by atoms with Crippen LogP contribution in [-0.2, 0) is 9.47 Å². The number of hydrogen-bond donors (Lipinski definition) is 0. The van der Waals surface area contributed by atoms with Gasteiger partial charge in [-0.1, -0.05) is 97.1 Å². The Bertz CT molecular complexity index is 638. The van der Waals surface area contributed by atoms with E-state index < -0.39 is 11.9 Å². The highest BCUT2D eigenvalue weighted by molar-refractivity contribution is 6.03. The highest BCUT2D eigenvalue weighted by Gasteiger charge is 2.20. The summed E-state index contributed by atoms with van der Waals surface area (Å²) in [7, 11) is 0. The Morgan fingerprint density at radius 2 is 1.25 bits per heavy atom. The van der Waals surface area contributed by atoms with Gasteiger partial charge < -0.3 is 9.47 Å². The van der Waals surface area contributed by atoms with Gasteiger partial charge in [0.15, 0.2) is 0 Å². The van der Waals surface area contributed by atoms with Crippen molar-refractivity contribution >= 4 is 11.9 Å². The Morgan fingerprint density at radius 3 is 1.81 bits per heavy atom. The van der Waals surface area contributed by atoms with Crippen LogP contribution in [-0.4, -0.2) is 24.6 Å². The summed E-state index contributed by atoms with van der Waals surface area (Å²) in [5.74, 6) is -0.251. The van der Waals surface area contributed by atoms with E-state index in [1.165, 1.54) is 51.4 Å². The van der Waals surface area contributed by atoms with E-state index in [-0.39, 0.29) is 11.7 Å². The fraction of sp³-hybridized carbons (Fsp3) is 0.714. The average molecular weight is 447 g/mol. The summed E-state index contributed by atoms with van der Waals surface area (Å²) in [5, 5.41) is 0. The van der Waals surface area contributed by atoms with Gasteiger partial charge in [-0.2, -0.15) is 0 Å². The summed E-state index contributed by atoms with van der Waals surface area (Å²) in [4.78, 5) is 25.1. The quantitative estimate of drug-likeness (QED) is 0.169. The summed E-state index contributed by atoms with van der Waals surface area (Å²) < 4.78 is 11.0. The van der Waals surface area contributed by atoms with Gasteiger partial charge in [0.05, 0.1) is 23.8 Å². The average Bonchev–Trinajstić information content (AvgIpc) is 2.77. The van der Waals surface area contributed by atoms with Crippen LogP contribution in [0.1, 0.15) is 132 Å². The molecule has 4 heteroatoms. The van der Waals surface area contributed by atoms with Crippen LogP contribution in [0.15, 0.2) is 24.3 Å². The molecule has 1 aromatic carbocycles. The van der Waals surface area contributed by atoms with Gasteiger partial charge in [-0.3, -0.25) is 0 Å². The predicted molar refractivity (Wildman–Crippen MR) is 132 cm³/mol. The van der Waals surface area contributed by atoms with Crippen molar-refractivity contribution in [3.63, 3.8) is 0 Å². The van der Waals surface area contributed by atoms with Gasteiger partial charge in [-0.05, 0) is 44.2 Å². The molecule has 4 nitrogen and oxygen atoms in total. The monoisotopic (exact) mass is 446 g/mol. The zero-order valence-corrected chi connectivity index (χ0v) is 21.0. The van der Waals surface area contributed by atoms with Crippen LogP contribution in [0.25, 0.3) is 0 Å². The van der Waals surface area contributed by atoms with Crippen LogP contribution < -0.4 is 0 Å². The molecule has 32 heavy (non-hydrogen) atoms. The van der Waals surface area contributed by atoms with Crippen molar-refractivity contribution in [2.75, 3.05) is 6.61 Å². The zero-order chi connectivity index (χ0) is 23.6. The van der Waals surface area contributed by atoms with Gasteiger partial charge in [0, 0.05) is 0 Å². The molecule has 1 rings (SSSR count). The van der Waals surface area contributed by atoms with E-state index >= 15 is 0 Å². The number of ether oxygens (including phenoxy) is 2. The van der Waals surface area contributed by atoms with E-state index in [0.29, 0.717) is 18.1 Å². The van der Waals surface area contributed by atoms with Crippen LogP contribution in [0.5, 0.6) is 0 Å². The number of unbranched alkanes of at least 4 members (excludes halogenated alkanes) is 9. The molecule has 0 saturated heterocycles. The second-order valence-electron chi connectivity index (χ2n) is 9.40. The highest BCUT2D eigenvalue weighted by atomic mass is 16.5. The molecule has 0 fully saturated rings. The van der Waals surface area contributed by atoms with Gasteiger partial charge in [0.25, 0.3) is 0 Å². The Hall–Kier alpha value is -1.84. The lowest BCUT2D eigenvalue weighted by Crippen LogP contribution is -2.19. The van der Waals surface area contributed by atoms with Crippen LogP contribution in [0, 0.1) is 5.92 Å². The van der Waals surface area contributed by atoms with Crippen molar-refractivity contribution in [1.29, 1.82) is 0 Å². The number of esters is 2. The lowest BCUT2D eigenvalue weighted by molar-refractivity contribution is 0.0306. The second kappa shape index (κ2) is 17.7. The number of carbonyl (C=O) groups is 2. The molecule has 0 aliphatic heterocycles. The van der Waals surface area contributed by atoms with Crippen molar-refractivity contribution < 1.29 is 19.1 Å². The molecule has 0 amide bonds. The first-order chi connectivity index (χ1) is 15.5. The van der Waals surface area contributed by atoms with Gasteiger partial charge >= 0.3 is 11.9 Å². The van der Waals surface area contributed by atoms with Crippen LogP contribution in [0.3, 0.4) is 0 Å². The molecule has 0 radical (unpaired) electrons. The molecule has 0 saturated carbocycles. The van der Waals surface area contributed by atoms with Crippen molar-refractivity contribution in [3.05, 3.63) is 35.4 Å². The first-order valence-corrected chi connectivity index (χ1v) is 12.9. The molecule has 0 N–H and O–H groups in total. The first-order valence-electron chi connectivity index (χ1n) is 12.9. The lowest BCUT2D eigenvalue weighted by Gasteiger charge is -2.15. The van der Waals surface area contributed by atoms with E-state index in [4.69, 9.17) is 9.47 Å². The number of carbonyl (C=O) groups excluding carboxylic acids is 2. The second-order valence-corrected chi connectivity index (χ2v) is 9.40. The zero-order valence-electron chi connectivity index (χ0n) is 21.0. The fourth-order valence-electron chi connectivity index (χ4n) is 3.79. The largest absolute Gasteiger partial charge is 0.462 e. The minimum absolute atomic E-state index is 0.169. The third kappa shape index (κ3) is 12.9. The van der Waals surface area contributed by atoms with Gasteiger partial charge in [0.2, 0.25) is 0 Å². The summed E-state index contributed by atoms with van der Waals surface area (Å²) >= 11 is 0. The Kier molecular flexibility index (Phi) is 15.6. The topological polar surface area (TPSA) is 52.6 Å². The normalized spacial score (nSPS) is 12.0. The molecule has 182 valence electrons. The maximum atomic E-state index is 12.6. The third-order valence-corrected chi connectivity index (χ3v) is 5.80. The standard InChI is InChI=1S/C28H46O4/c1-5-6-7-8-9-10-11-12-13-16-22-31-27(29)25-20-14-15-21-26(25)28(30)32-24(4)19-17-18-23(2)3/h14-15,20-21,23-24H,5-13,16-19,22H2,1-4H3. The number of hydrogen-bond acceptors (Lipinski definition) is 4. The van der Waals surface area contributed by atoms with Crippen LogP contribution in [0.4, 0.5) is 0 Å². The summed E-state index contributed by atoms with van der Waals surface area (Å²) in [5.41, 5.74) is 0.579. The summed E-state index contributed by atoms with van der Waals surface area (Å²) in [6, 6.07) is 6.78. The number of rotatable bonds is 18. The molecule has 0 spiro atoms. The minimum Gasteiger partial charge on any atom is -0.462 e. The SMILES string of the molecule is CCCCCCCCCCCCOC(=O)c1ccccc1C(=O)OC(C)CCCC(C)C. The number of benzene rings is 1. The molecule has 1 aromatic rings. The molecule has 0 heterocycles. The smallest absolute Gasteiger partial charge is 0.339 e. The first kappa shape index (κ1) is 28.2. The van der Waals surface area contributed by atoms with E-state index in [0.717, 1.165) is 32.1 Å². The van der Waals surface area contributed by atoms with Gasteiger partial charge in [0.1, 0.15) is 0 Å². The fourth-order valence-corrected chi connectivity index (χ4v) is 3.79. The van der Waals surface area contributed by atoms with E-state index in [9.17, 15) is 9.59 Å². The summed E-state index contributed by atoms with van der Waals surface area (Å²) in [6.45, 7) is 8.92. The molecule has 0 aromatic heterocycles. The lowest BCUT2D eigenvalue weighted by atomic mass is 10.0. The molecule has 0 aliphatic carbocycles. The van der Waals surface area contributed by atoms with Gasteiger partial charge in [-0.25, -0.2) is 9.59 Å². The third-order valence-electron chi connectivity index (χ3n) is 5.80. The molecule has 0 bridgehead atoms. The van der Waals surface area contributed by atoms with Gasteiger partial charge in [-0.15, -0.1) is 0 Å². The van der Waals surface area contributed by atoms with Crippen molar-refractivity contribution in [3.8, 4) is 0 Å². The van der Waals surface area contributed by atoms with E-state index in [1.807, 2.05) is 6.92 Å². The Labute approximate surface area is 196 Å². The van der Waals surface area contributed by atoms with Crippen molar-refractivity contribution in [1.82, 2.24) is 0 Å². The molecule has 0 aliphatic rings. The molecular formula is C28H46O4. The van der Waals surface area contributed by atoms with E-state index in [1.54, 1.807) is 24.3 Å². The van der Waals surface area contributed by atoms with Crippen molar-refractivity contribution in [2.45, 2.75) is 117 Å².